The molecule has 1 aliphatic heterocycles. The topological polar surface area (TPSA) is 26.8 Å². The van der Waals surface area contributed by atoms with Crippen LogP contribution in [-0.2, 0) is 4.79 Å². The quantitative estimate of drug-likeness (QED) is 0.280. The molecule has 0 bridgehead atoms. The third-order valence-electron chi connectivity index (χ3n) is 6.74. The molecule has 0 radical (unpaired) electrons. The van der Waals surface area contributed by atoms with E-state index in [9.17, 15) is 4.79 Å². The second kappa shape index (κ2) is 12.1. The Bertz CT molecular complexity index is 1210. The largest absolute Gasteiger partial charge is 0.365 e. The van der Waals surface area contributed by atoms with Crippen molar-refractivity contribution < 1.29 is 4.79 Å². The first-order chi connectivity index (χ1) is 17.2. The molecular formula is C28H29Cl4N3O. The molecule has 4 rings (SSSR count). The highest BCUT2D eigenvalue weighted by atomic mass is 35.5. The van der Waals surface area contributed by atoms with Crippen molar-refractivity contribution >= 4 is 58.0 Å². The van der Waals surface area contributed by atoms with Crippen LogP contribution in [-0.4, -0.2) is 56.0 Å². The highest BCUT2D eigenvalue weighted by Crippen LogP contribution is 2.32. The van der Waals surface area contributed by atoms with Gasteiger partial charge in [-0.3, -0.25) is 4.79 Å². The molecular weight excluding hydrogens is 536 g/mol. The molecule has 1 saturated heterocycles. The van der Waals surface area contributed by atoms with Gasteiger partial charge in [0.15, 0.2) is 0 Å². The number of halogens is 4. The first-order valence-corrected chi connectivity index (χ1v) is 13.4. The van der Waals surface area contributed by atoms with E-state index >= 15 is 0 Å². The molecule has 0 saturated carbocycles. The molecule has 1 amide bonds. The first kappa shape index (κ1) is 27.1. The van der Waals surface area contributed by atoms with Gasteiger partial charge in [0.25, 0.3) is 0 Å². The van der Waals surface area contributed by atoms with E-state index in [1.165, 1.54) is 12.8 Å². The lowest BCUT2D eigenvalue weighted by molar-refractivity contribution is -0.131. The average Bonchev–Trinajstić information content (AvgIpc) is 3.37. The Morgan fingerprint density at radius 1 is 0.861 bits per heavy atom. The molecule has 4 nitrogen and oxygen atoms in total. The molecule has 3 aromatic rings. The smallest absolute Gasteiger partial charge is 0.242 e. The number of hydrogen-bond donors (Lipinski definition) is 0. The Morgan fingerprint density at radius 3 is 2.19 bits per heavy atom. The number of nitrogens with zero attached hydrogens (tertiary/aromatic N) is 3. The molecule has 0 N–H and O–H groups in total. The van der Waals surface area contributed by atoms with Gasteiger partial charge in [-0.25, -0.2) is 0 Å². The van der Waals surface area contributed by atoms with Crippen LogP contribution in [0.2, 0.25) is 20.1 Å². The van der Waals surface area contributed by atoms with Gasteiger partial charge in [0.05, 0.1) is 22.6 Å². The molecule has 8 heteroatoms. The maximum Gasteiger partial charge on any atom is 0.242 e. The van der Waals surface area contributed by atoms with Gasteiger partial charge in [-0.15, -0.1) is 0 Å². The van der Waals surface area contributed by atoms with E-state index in [0.29, 0.717) is 20.1 Å². The Morgan fingerprint density at radius 2 is 1.56 bits per heavy atom. The fourth-order valence-electron chi connectivity index (χ4n) is 4.57. The minimum atomic E-state index is -0.0763. The Labute approximate surface area is 233 Å². The van der Waals surface area contributed by atoms with Crippen LogP contribution in [0.25, 0.3) is 11.1 Å². The van der Waals surface area contributed by atoms with Crippen LogP contribution in [0.3, 0.4) is 0 Å². The molecule has 0 aromatic heterocycles. The lowest BCUT2D eigenvalue weighted by Gasteiger charge is -2.33. The molecule has 0 spiro atoms. The van der Waals surface area contributed by atoms with Gasteiger partial charge in [-0.2, -0.15) is 0 Å². The summed E-state index contributed by atoms with van der Waals surface area (Å²) in [6.45, 7) is 3.13. The fourth-order valence-corrected chi connectivity index (χ4v) is 5.38. The van der Waals surface area contributed by atoms with E-state index in [2.05, 4.69) is 29.2 Å². The van der Waals surface area contributed by atoms with E-state index in [1.807, 2.05) is 42.1 Å². The molecule has 1 atom stereocenters. The van der Waals surface area contributed by atoms with Gasteiger partial charge < -0.3 is 14.7 Å². The number of carbonyl (C=O) groups is 1. The normalized spacial score (nSPS) is 14.6. The van der Waals surface area contributed by atoms with Crippen molar-refractivity contribution in [2.24, 2.45) is 0 Å². The number of carbonyl (C=O) groups excluding carboxylic acids is 1. The van der Waals surface area contributed by atoms with Crippen molar-refractivity contribution in [3.8, 4) is 11.1 Å². The van der Waals surface area contributed by atoms with Crippen LogP contribution >= 0.6 is 46.4 Å². The molecule has 190 valence electrons. The van der Waals surface area contributed by atoms with Crippen molar-refractivity contribution in [3.05, 3.63) is 86.3 Å². The van der Waals surface area contributed by atoms with Gasteiger partial charge in [-0.1, -0.05) is 76.7 Å². The Kier molecular flexibility index (Phi) is 9.08. The van der Waals surface area contributed by atoms with Gasteiger partial charge in [0, 0.05) is 41.9 Å². The maximum atomic E-state index is 13.4. The maximum absolute atomic E-state index is 13.4. The van der Waals surface area contributed by atoms with E-state index in [4.69, 9.17) is 46.4 Å². The van der Waals surface area contributed by atoms with Crippen LogP contribution in [0.4, 0.5) is 5.69 Å². The lowest BCUT2D eigenvalue weighted by Crippen LogP contribution is -2.42. The highest BCUT2D eigenvalue weighted by molar-refractivity contribution is 6.42. The number of rotatable bonds is 8. The average molecular weight is 565 g/mol. The van der Waals surface area contributed by atoms with Gasteiger partial charge >= 0.3 is 0 Å². The van der Waals surface area contributed by atoms with E-state index in [0.717, 1.165) is 42.0 Å². The SMILES string of the molecule is CN(CC(=O)N(C)C(CN1CCCC1)c1ccc(-c2ccc(Cl)cc2Cl)cc1)c1ccc(Cl)c(Cl)c1. The zero-order valence-electron chi connectivity index (χ0n) is 20.4. The van der Waals surface area contributed by atoms with E-state index in [-0.39, 0.29) is 18.5 Å². The van der Waals surface area contributed by atoms with Crippen LogP contribution in [0.5, 0.6) is 0 Å². The number of benzene rings is 3. The Hall–Kier alpha value is -1.95. The van der Waals surface area contributed by atoms with Gasteiger partial charge in [0.1, 0.15) is 0 Å². The molecule has 0 aliphatic carbocycles. The summed E-state index contributed by atoms with van der Waals surface area (Å²) in [7, 11) is 3.77. The van der Waals surface area contributed by atoms with Crippen molar-refractivity contribution in [2.75, 3.05) is 45.2 Å². The van der Waals surface area contributed by atoms with Crippen LogP contribution in [0.15, 0.2) is 60.7 Å². The molecule has 1 heterocycles. The summed E-state index contributed by atoms with van der Waals surface area (Å²) in [5.74, 6) is 0.0255. The van der Waals surface area contributed by atoms with Crippen molar-refractivity contribution in [2.45, 2.75) is 18.9 Å². The number of hydrogen-bond acceptors (Lipinski definition) is 3. The monoisotopic (exact) mass is 563 g/mol. The second-order valence-corrected chi connectivity index (χ2v) is 10.9. The van der Waals surface area contributed by atoms with Crippen molar-refractivity contribution in [1.29, 1.82) is 0 Å². The minimum Gasteiger partial charge on any atom is -0.365 e. The predicted molar refractivity (Wildman–Crippen MR) is 153 cm³/mol. The highest BCUT2D eigenvalue weighted by Gasteiger charge is 2.26. The summed E-state index contributed by atoms with van der Waals surface area (Å²) >= 11 is 24.7. The molecule has 3 aromatic carbocycles. The van der Waals surface area contributed by atoms with Crippen molar-refractivity contribution in [3.63, 3.8) is 0 Å². The first-order valence-electron chi connectivity index (χ1n) is 11.9. The number of likely N-dealkylation sites (N-methyl/N-ethyl adjacent to an activating group) is 2. The summed E-state index contributed by atoms with van der Waals surface area (Å²) in [6.07, 6.45) is 2.39. The van der Waals surface area contributed by atoms with Gasteiger partial charge in [-0.05, 0) is 67.4 Å². The fraction of sp³-hybridized carbons (Fsp3) is 0.321. The molecule has 1 unspecified atom stereocenters. The van der Waals surface area contributed by atoms with E-state index in [1.54, 1.807) is 18.2 Å². The Balaban J connectivity index is 1.54. The van der Waals surface area contributed by atoms with E-state index < -0.39 is 0 Å². The number of amides is 1. The molecule has 1 fully saturated rings. The summed E-state index contributed by atoms with van der Waals surface area (Å²) in [5.41, 5.74) is 3.86. The lowest BCUT2D eigenvalue weighted by atomic mass is 9.99. The minimum absolute atomic E-state index is 0.0255. The summed E-state index contributed by atoms with van der Waals surface area (Å²) < 4.78 is 0. The standard InChI is InChI=1S/C28H29Cl4N3O/c1-33(22-10-12-24(30)26(32)16-22)18-28(36)34(2)27(17-35-13-3-4-14-35)20-7-5-19(6-8-20)23-11-9-21(29)15-25(23)31/h5-12,15-16,27H,3-4,13-14,17-18H2,1-2H3. The molecule has 1 aliphatic rings. The van der Waals surface area contributed by atoms with Crippen LogP contribution in [0.1, 0.15) is 24.4 Å². The van der Waals surface area contributed by atoms with Gasteiger partial charge in [0.2, 0.25) is 5.91 Å². The third kappa shape index (κ3) is 6.48. The van der Waals surface area contributed by atoms with Crippen molar-refractivity contribution in [1.82, 2.24) is 9.80 Å². The third-order valence-corrected chi connectivity index (χ3v) is 8.03. The zero-order chi connectivity index (χ0) is 25.8. The predicted octanol–water partition coefficient (Wildman–Crippen LogP) is 7.70. The van der Waals surface area contributed by atoms with Crippen LogP contribution < -0.4 is 4.90 Å². The number of likely N-dealkylation sites (tertiary alicyclic amines) is 1. The summed E-state index contributed by atoms with van der Waals surface area (Å²) in [5, 5.41) is 2.18. The summed E-state index contributed by atoms with van der Waals surface area (Å²) in [6, 6.07) is 19.1. The molecule has 36 heavy (non-hydrogen) atoms. The van der Waals surface area contributed by atoms with Crippen LogP contribution in [0, 0.1) is 0 Å². The summed E-state index contributed by atoms with van der Waals surface area (Å²) in [4.78, 5) is 19.6. The number of anilines is 1. The second-order valence-electron chi connectivity index (χ2n) is 9.23. The zero-order valence-corrected chi connectivity index (χ0v) is 23.4.